The van der Waals surface area contributed by atoms with Gasteiger partial charge in [-0.25, -0.2) is 0 Å². The van der Waals surface area contributed by atoms with Crippen molar-refractivity contribution in [2.75, 3.05) is 6.61 Å². The summed E-state index contributed by atoms with van der Waals surface area (Å²) < 4.78 is 4.97. The predicted octanol–water partition coefficient (Wildman–Crippen LogP) is 3.21. The van der Waals surface area contributed by atoms with E-state index < -0.39 is 24.4 Å². The molecule has 0 atom stereocenters. The van der Waals surface area contributed by atoms with Gasteiger partial charge in [-0.15, -0.1) is 0 Å². The lowest BCUT2D eigenvalue weighted by molar-refractivity contribution is -0.148. The largest absolute Gasteiger partial charge is 0.455 e. The second kappa shape index (κ2) is 10.0. The smallest absolute Gasteiger partial charge is 0.310 e. The molecule has 0 radical (unpaired) electrons. The minimum absolute atomic E-state index is 0.0536. The minimum atomic E-state index is -0.622. The Labute approximate surface area is 174 Å². The molecule has 0 aromatic heterocycles. The highest BCUT2D eigenvalue weighted by Gasteiger charge is 2.11. The van der Waals surface area contributed by atoms with Crippen molar-refractivity contribution in [2.45, 2.75) is 13.3 Å². The van der Waals surface area contributed by atoms with Crippen LogP contribution in [0.4, 0.5) is 0 Å². The van der Waals surface area contributed by atoms with Crippen molar-refractivity contribution in [3.8, 4) is 11.1 Å². The lowest BCUT2D eigenvalue weighted by Crippen LogP contribution is -2.43. The number of hydrogen-bond donors (Lipinski definition) is 2. The van der Waals surface area contributed by atoms with Gasteiger partial charge >= 0.3 is 5.97 Å². The Hall–Kier alpha value is -3.93. The molecule has 0 heterocycles. The third-order valence-corrected chi connectivity index (χ3v) is 4.40. The first-order chi connectivity index (χ1) is 14.5. The van der Waals surface area contributed by atoms with Crippen LogP contribution in [0.3, 0.4) is 0 Å². The van der Waals surface area contributed by atoms with Crippen molar-refractivity contribution in [3.63, 3.8) is 0 Å². The monoisotopic (exact) mass is 402 g/mol. The van der Waals surface area contributed by atoms with Crippen LogP contribution in [0.1, 0.15) is 21.5 Å². The van der Waals surface area contributed by atoms with Crippen molar-refractivity contribution in [1.29, 1.82) is 0 Å². The number of ether oxygens (including phenoxy) is 1. The summed E-state index contributed by atoms with van der Waals surface area (Å²) in [5, 5.41) is 0. The molecule has 6 heteroatoms. The molecule has 0 aliphatic carbocycles. The quantitative estimate of drug-likeness (QED) is 0.490. The Morgan fingerprint density at radius 3 is 2.07 bits per heavy atom. The summed E-state index contributed by atoms with van der Waals surface area (Å²) in [5.41, 5.74) is 8.88. The standard InChI is InChI=1S/C24H22N2O4/c1-17-7-11-21(12-8-17)24(29)26-25-22(27)16-30-23(28)15-18-9-13-20(14-10-18)19-5-3-2-4-6-19/h2-14H,15-16H2,1H3,(H,25,27)(H,26,29). The van der Waals surface area contributed by atoms with Gasteiger partial charge in [0.25, 0.3) is 11.8 Å². The topological polar surface area (TPSA) is 84.5 Å². The molecular weight excluding hydrogens is 380 g/mol. The summed E-state index contributed by atoms with van der Waals surface area (Å²) >= 11 is 0. The fourth-order valence-electron chi connectivity index (χ4n) is 2.75. The van der Waals surface area contributed by atoms with Crippen LogP contribution in [-0.4, -0.2) is 24.4 Å². The first-order valence-electron chi connectivity index (χ1n) is 9.47. The van der Waals surface area contributed by atoms with Gasteiger partial charge in [0.1, 0.15) is 0 Å². The molecule has 3 aromatic carbocycles. The number of hydrogen-bond acceptors (Lipinski definition) is 4. The summed E-state index contributed by atoms with van der Waals surface area (Å²) in [6.45, 7) is 1.44. The zero-order valence-electron chi connectivity index (χ0n) is 16.6. The zero-order chi connectivity index (χ0) is 21.3. The highest BCUT2D eigenvalue weighted by atomic mass is 16.5. The van der Waals surface area contributed by atoms with E-state index in [-0.39, 0.29) is 6.42 Å². The molecule has 0 saturated carbocycles. The highest BCUT2D eigenvalue weighted by Crippen LogP contribution is 2.19. The van der Waals surface area contributed by atoms with Crippen LogP contribution in [0.15, 0.2) is 78.9 Å². The van der Waals surface area contributed by atoms with Gasteiger partial charge in [-0.1, -0.05) is 72.3 Å². The van der Waals surface area contributed by atoms with Crippen molar-refractivity contribution in [2.24, 2.45) is 0 Å². The maximum absolute atomic E-state index is 12.0. The zero-order valence-corrected chi connectivity index (χ0v) is 16.6. The van der Waals surface area contributed by atoms with E-state index in [1.165, 1.54) is 0 Å². The van der Waals surface area contributed by atoms with E-state index in [1.54, 1.807) is 24.3 Å². The molecular formula is C24H22N2O4. The number of aryl methyl sites for hydroxylation is 1. The lowest BCUT2D eigenvalue weighted by Gasteiger charge is -2.09. The van der Waals surface area contributed by atoms with E-state index in [0.717, 1.165) is 22.3 Å². The highest BCUT2D eigenvalue weighted by molar-refractivity contribution is 5.95. The van der Waals surface area contributed by atoms with E-state index >= 15 is 0 Å². The average molecular weight is 402 g/mol. The van der Waals surface area contributed by atoms with Gasteiger partial charge in [0.15, 0.2) is 6.61 Å². The number of amides is 2. The molecule has 0 aliphatic rings. The third kappa shape index (κ3) is 6.04. The number of rotatable bonds is 6. The molecule has 30 heavy (non-hydrogen) atoms. The first-order valence-corrected chi connectivity index (χ1v) is 9.47. The summed E-state index contributed by atoms with van der Waals surface area (Å²) in [5.74, 6) is -1.60. The molecule has 0 bridgehead atoms. The number of nitrogens with one attached hydrogen (secondary N) is 2. The number of hydrazine groups is 1. The molecule has 0 fully saturated rings. The summed E-state index contributed by atoms with van der Waals surface area (Å²) in [6, 6.07) is 24.4. The van der Waals surface area contributed by atoms with Crippen molar-refractivity contribution < 1.29 is 19.1 Å². The molecule has 152 valence electrons. The maximum Gasteiger partial charge on any atom is 0.310 e. The predicted molar refractivity (Wildman–Crippen MR) is 113 cm³/mol. The number of benzene rings is 3. The van der Waals surface area contributed by atoms with Crippen LogP contribution in [0.2, 0.25) is 0 Å². The minimum Gasteiger partial charge on any atom is -0.455 e. The van der Waals surface area contributed by atoms with Gasteiger partial charge in [0, 0.05) is 5.56 Å². The van der Waals surface area contributed by atoms with Gasteiger partial charge in [-0.3, -0.25) is 25.2 Å². The van der Waals surface area contributed by atoms with E-state index in [9.17, 15) is 14.4 Å². The number of esters is 1. The molecule has 0 aliphatic heterocycles. The van der Waals surface area contributed by atoms with Crippen molar-refractivity contribution in [1.82, 2.24) is 10.9 Å². The summed E-state index contributed by atoms with van der Waals surface area (Å²) in [4.78, 5) is 35.7. The second-order valence-electron chi connectivity index (χ2n) is 6.77. The van der Waals surface area contributed by atoms with Crippen molar-refractivity contribution in [3.05, 3.63) is 95.6 Å². The van der Waals surface area contributed by atoms with Gasteiger partial charge in [-0.2, -0.15) is 0 Å². The Morgan fingerprint density at radius 2 is 1.40 bits per heavy atom. The molecule has 2 amide bonds. The maximum atomic E-state index is 12.0. The average Bonchev–Trinajstić information content (AvgIpc) is 2.77. The van der Waals surface area contributed by atoms with E-state index in [0.29, 0.717) is 5.56 Å². The Balaban J connectivity index is 1.41. The molecule has 0 spiro atoms. The van der Waals surface area contributed by atoms with Crippen LogP contribution in [-0.2, 0) is 20.7 Å². The molecule has 2 N–H and O–H groups in total. The molecule has 0 unspecified atom stereocenters. The number of carbonyl (C=O) groups excluding carboxylic acids is 3. The van der Waals surface area contributed by atoms with Crippen molar-refractivity contribution >= 4 is 17.8 Å². The van der Waals surface area contributed by atoms with Crippen LogP contribution < -0.4 is 10.9 Å². The Morgan fingerprint density at radius 1 is 0.767 bits per heavy atom. The fraction of sp³-hybridized carbons (Fsp3) is 0.125. The Kier molecular flexibility index (Phi) is 6.95. The van der Waals surface area contributed by atoms with Crippen LogP contribution >= 0.6 is 0 Å². The molecule has 3 rings (SSSR count). The fourth-order valence-corrected chi connectivity index (χ4v) is 2.75. The van der Waals surface area contributed by atoms with Crippen LogP contribution in [0.5, 0.6) is 0 Å². The van der Waals surface area contributed by atoms with Gasteiger partial charge in [0.05, 0.1) is 6.42 Å². The van der Waals surface area contributed by atoms with Gasteiger partial charge in [-0.05, 0) is 35.7 Å². The van der Waals surface area contributed by atoms with E-state index in [1.807, 2.05) is 61.5 Å². The first kappa shape index (κ1) is 20.8. The van der Waals surface area contributed by atoms with Gasteiger partial charge in [0.2, 0.25) is 0 Å². The Bertz CT molecular complexity index is 1010. The van der Waals surface area contributed by atoms with Crippen LogP contribution in [0, 0.1) is 6.92 Å². The molecule has 0 saturated heterocycles. The number of carbonyl (C=O) groups is 3. The van der Waals surface area contributed by atoms with Crippen LogP contribution in [0.25, 0.3) is 11.1 Å². The summed E-state index contributed by atoms with van der Waals surface area (Å²) in [7, 11) is 0. The SMILES string of the molecule is Cc1ccc(C(=O)NNC(=O)COC(=O)Cc2ccc(-c3ccccc3)cc2)cc1. The molecule has 6 nitrogen and oxygen atoms in total. The van der Waals surface area contributed by atoms with E-state index in [2.05, 4.69) is 10.9 Å². The summed E-state index contributed by atoms with van der Waals surface area (Å²) in [6.07, 6.45) is 0.0536. The third-order valence-electron chi connectivity index (χ3n) is 4.40. The van der Waals surface area contributed by atoms with Gasteiger partial charge < -0.3 is 4.74 Å². The molecule has 3 aromatic rings. The van der Waals surface area contributed by atoms with E-state index in [4.69, 9.17) is 4.74 Å². The normalized spacial score (nSPS) is 10.2. The second-order valence-corrected chi connectivity index (χ2v) is 6.77. The lowest BCUT2D eigenvalue weighted by atomic mass is 10.0.